The molecule has 0 fully saturated rings. The quantitative estimate of drug-likeness (QED) is 0.766. The van der Waals surface area contributed by atoms with Gasteiger partial charge in [0.2, 0.25) is 0 Å². The van der Waals surface area contributed by atoms with Gasteiger partial charge in [0, 0.05) is 11.1 Å². The molecule has 2 aromatic rings. The van der Waals surface area contributed by atoms with Crippen molar-refractivity contribution in [2.75, 3.05) is 7.11 Å². The fourth-order valence-electron chi connectivity index (χ4n) is 2.13. The Hall–Kier alpha value is -2.09. The maximum atomic E-state index is 5.16. The molecule has 0 aliphatic carbocycles. The van der Waals surface area contributed by atoms with Crippen molar-refractivity contribution in [1.29, 1.82) is 0 Å². The van der Waals surface area contributed by atoms with Crippen LogP contribution >= 0.6 is 0 Å². The Morgan fingerprint density at radius 1 is 1.00 bits per heavy atom. The lowest BCUT2D eigenvalue weighted by molar-refractivity contribution is 0.415. The van der Waals surface area contributed by atoms with Crippen LogP contribution in [0.1, 0.15) is 16.7 Å². The van der Waals surface area contributed by atoms with Crippen LogP contribution in [0.2, 0.25) is 0 Å². The molecule has 2 heteroatoms. The maximum Gasteiger partial charge on any atom is 0.118 e. The molecule has 0 atom stereocenters. The van der Waals surface area contributed by atoms with E-state index >= 15 is 0 Å². The number of ether oxygens (including phenoxy) is 1. The van der Waals surface area contributed by atoms with Gasteiger partial charge in [-0.1, -0.05) is 24.3 Å². The molecule has 3 rings (SSSR count). The summed E-state index contributed by atoms with van der Waals surface area (Å²) in [6.45, 7) is 0.789. The zero-order valence-electron chi connectivity index (χ0n) is 9.68. The van der Waals surface area contributed by atoms with Crippen molar-refractivity contribution >= 4 is 5.71 Å². The van der Waals surface area contributed by atoms with E-state index in [1.807, 2.05) is 12.1 Å². The minimum atomic E-state index is 0.789. The lowest BCUT2D eigenvalue weighted by Crippen LogP contribution is -2.00. The second-order valence-electron chi connectivity index (χ2n) is 4.05. The number of hydrogen-bond acceptors (Lipinski definition) is 2. The van der Waals surface area contributed by atoms with E-state index in [-0.39, 0.29) is 0 Å². The predicted octanol–water partition coefficient (Wildman–Crippen LogP) is 3.05. The average Bonchev–Trinajstić information content (AvgIpc) is 2.83. The molecule has 1 aliphatic heterocycles. The highest BCUT2D eigenvalue weighted by atomic mass is 16.5. The number of nitrogens with zero attached hydrogens (tertiary/aromatic N) is 1. The number of aliphatic imine (C=N–C) groups is 1. The van der Waals surface area contributed by atoms with Gasteiger partial charge in [-0.25, -0.2) is 0 Å². The van der Waals surface area contributed by atoms with Gasteiger partial charge in [-0.15, -0.1) is 0 Å². The van der Waals surface area contributed by atoms with Gasteiger partial charge in [0.1, 0.15) is 5.75 Å². The summed E-state index contributed by atoms with van der Waals surface area (Å²) >= 11 is 0. The molecule has 1 heterocycles. The van der Waals surface area contributed by atoms with E-state index in [1.54, 1.807) is 7.11 Å². The molecule has 0 bridgehead atoms. The summed E-state index contributed by atoms with van der Waals surface area (Å²) in [4.78, 5) is 4.61. The topological polar surface area (TPSA) is 21.6 Å². The van der Waals surface area contributed by atoms with Crippen LogP contribution in [0.5, 0.6) is 5.75 Å². The molecular weight excluding hydrogens is 210 g/mol. The largest absolute Gasteiger partial charge is 0.497 e. The Morgan fingerprint density at radius 2 is 1.76 bits per heavy atom. The highest BCUT2D eigenvalue weighted by Crippen LogP contribution is 2.23. The SMILES string of the molecule is COc1ccc(C2=NCc3ccccc32)cc1. The number of methoxy groups -OCH3 is 1. The predicted molar refractivity (Wildman–Crippen MR) is 68.8 cm³/mol. The molecule has 2 aromatic carbocycles. The summed E-state index contributed by atoms with van der Waals surface area (Å²) in [7, 11) is 1.68. The van der Waals surface area contributed by atoms with Crippen LogP contribution in [0.25, 0.3) is 0 Å². The van der Waals surface area contributed by atoms with Crippen LogP contribution in [0.3, 0.4) is 0 Å². The van der Waals surface area contributed by atoms with E-state index in [2.05, 4.69) is 41.4 Å². The smallest absolute Gasteiger partial charge is 0.118 e. The fourth-order valence-corrected chi connectivity index (χ4v) is 2.13. The third-order valence-electron chi connectivity index (χ3n) is 3.04. The Labute approximate surface area is 101 Å². The van der Waals surface area contributed by atoms with Crippen LogP contribution in [0.4, 0.5) is 0 Å². The molecule has 0 spiro atoms. The second-order valence-corrected chi connectivity index (χ2v) is 4.05. The number of rotatable bonds is 2. The highest BCUT2D eigenvalue weighted by molar-refractivity contribution is 6.15. The fraction of sp³-hybridized carbons (Fsp3) is 0.133. The molecule has 0 radical (unpaired) electrons. The van der Waals surface area contributed by atoms with Gasteiger partial charge in [-0.2, -0.15) is 0 Å². The van der Waals surface area contributed by atoms with Gasteiger partial charge < -0.3 is 4.74 Å². The molecule has 0 saturated carbocycles. The van der Waals surface area contributed by atoms with Crippen LogP contribution in [0.15, 0.2) is 53.5 Å². The van der Waals surface area contributed by atoms with Gasteiger partial charge in [0.15, 0.2) is 0 Å². The lowest BCUT2D eigenvalue weighted by atomic mass is 10.0. The molecule has 0 saturated heterocycles. The molecule has 1 aliphatic rings. The van der Waals surface area contributed by atoms with E-state index in [0.29, 0.717) is 0 Å². The zero-order chi connectivity index (χ0) is 11.7. The van der Waals surface area contributed by atoms with E-state index < -0.39 is 0 Å². The summed E-state index contributed by atoms with van der Waals surface area (Å²) in [5.74, 6) is 0.876. The van der Waals surface area contributed by atoms with Crippen molar-refractivity contribution in [2.45, 2.75) is 6.54 Å². The van der Waals surface area contributed by atoms with Gasteiger partial charge >= 0.3 is 0 Å². The van der Waals surface area contributed by atoms with Gasteiger partial charge in [-0.3, -0.25) is 4.99 Å². The van der Waals surface area contributed by atoms with Gasteiger partial charge in [0.05, 0.1) is 19.4 Å². The summed E-state index contributed by atoms with van der Waals surface area (Å²) in [6.07, 6.45) is 0. The van der Waals surface area contributed by atoms with Crippen molar-refractivity contribution < 1.29 is 4.74 Å². The summed E-state index contributed by atoms with van der Waals surface area (Å²) in [5.41, 5.74) is 4.79. The summed E-state index contributed by atoms with van der Waals surface area (Å²) in [5, 5.41) is 0. The van der Waals surface area contributed by atoms with Crippen LogP contribution in [-0.2, 0) is 6.54 Å². The number of hydrogen-bond donors (Lipinski definition) is 0. The second kappa shape index (κ2) is 4.06. The van der Waals surface area contributed by atoms with Gasteiger partial charge in [-0.05, 0) is 29.8 Å². The van der Waals surface area contributed by atoms with Crippen LogP contribution < -0.4 is 4.74 Å². The average molecular weight is 223 g/mol. The van der Waals surface area contributed by atoms with Crippen molar-refractivity contribution in [3.63, 3.8) is 0 Å². The third kappa shape index (κ3) is 1.72. The first-order chi connectivity index (χ1) is 8.38. The van der Waals surface area contributed by atoms with E-state index in [0.717, 1.165) is 23.6 Å². The van der Waals surface area contributed by atoms with E-state index in [1.165, 1.54) is 11.1 Å². The first-order valence-corrected chi connectivity index (χ1v) is 5.65. The molecule has 2 nitrogen and oxygen atoms in total. The molecule has 84 valence electrons. The molecular formula is C15H13NO. The highest BCUT2D eigenvalue weighted by Gasteiger charge is 2.16. The molecule has 0 aromatic heterocycles. The first kappa shape index (κ1) is 10.1. The van der Waals surface area contributed by atoms with Gasteiger partial charge in [0.25, 0.3) is 0 Å². The minimum Gasteiger partial charge on any atom is -0.497 e. The van der Waals surface area contributed by atoms with E-state index in [9.17, 15) is 0 Å². The molecule has 17 heavy (non-hydrogen) atoms. The Balaban J connectivity index is 2.01. The standard InChI is InChI=1S/C15H13NO/c1-17-13-8-6-11(7-9-13)15-14-5-3-2-4-12(14)10-16-15/h2-9H,10H2,1H3. The third-order valence-corrected chi connectivity index (χ3v) is 3.04. The monoisotopic (exact) mass is 223 g/mol. The van der Waals surface area contributed by atoms with Crippen molar-refractivity contribution in [1.82, 2.24) is 0 Å². The normalized spacial score (nSPS) is 13.1. The molecule has 0 unspecified atom stereocenters. The number of benzene rings is 2. The zero-order valence-corrected chi connectivity index (χ0v) is 9.68. The summed E-state index contributed by atoms with van der Waals surface area (Å²) in [6, 6.07) is 16.4. The molecule has 0 N–H and O–H groups in total. The maximum absolute atomic E-state index is 5.16. The molecule has 0 amide bonds. The van der Waals surface area contributed by atoms with Crippen molar-refractivity contribution in [3.05, 3.63) is 65.2 Å². The van der Waals surface area contributed by atoms with Crippen molar-refractivity contribution in [2.24, 2.45) is 4.99 Å². The van der Waals surface area contributed by atoms with Crippen LogP contribution in [0, 0.1) is 0 Å². The summed E-state index contributed by atoms with van der Waals surface area (Å²) < 4.78 is 5.16. The number of fused-ring (bicyclic) bond motifs is 1. The van der Waals surface area contributed by atoms with E-state index in [4.69, 9.17) is 4.74 Å². The Bertz CT molecular complexity index is 570. The Morgan fingerprint density at radius 3 is 2.53 bits per heavy atom. The lowest BCUT2D eigenvalue weighted by Gasteiger charge is -2.05. The minimum absolute atomic E-state index is 0.789. The van der Waals surface area contributed by atoms with Crippen molar-refractivity contribution in [3.8, 4) is 5.75 Å². The van der Waals surface area contributed by atoms with Crippen LogP contribution in [-0.4, -0.2) is 12.8 Å². The Kier molecular flexibility index (Phi) is 2.41. The first-order valence-electron chi connectivity index (χ1n) is 5.65.